The molecule has 0 aliphatic heterocycles. The first-order valence-corrected chi connectivity index (χ1v) is 9.16. The summed E-state index contributed by atoms with van der Waals surface area (Å²) < 4.78 is 7.28. The van der Waals surface area contributed by atoms with Crippen molar-refractivity contribution in [1.29, 1.82) is 0 Å². The van der Waals surface area contributed by atoms with Gasteiger partial charge in [0.25, 0.3) is 5.91 Å². The van der Waals surface area contributed by atoms with Crippen LogP contribution in [0.3, 0.4) is 0 Å². The Kier molecular flexibility index (Phi) is 5.89. The van der Waals surface area contributed by atoms with Gasteiger partial charge >= 0.3 is 0 Å². The highest BCUT2D eigenvalue weighted by Gasteiger charge is 2.22. The maximum absolute atomic E-state index is 12.9. The number of amides is 1. The Morgan fingerprint density at radius 1 is 1.15 bits per heavy atom. The van der Waals surface area contributed by atoms with Crippen LogP contribution >= 0.6 is 0 Å². The summed E-state index contributed by atoms with van der Waals surface area (Å²) in [5, 5.41) is 7.73. The molecule has 3 aromatic rings. The number of nitrogens with zero attached hydrogens (tertiary/aromatic N) is 2. The summed E-state index contributed by atoms with van der Waals surface area (Å²) in [5.74, 6) is 0.658. The van der Waals surface area contributed by atoms with Gasteiger partial charge in [-0.1, -0.05) is 50.6 Å². The number of aromatic nitrogens is 2. The molecule has 0 saturated carbocycles. The molecule has 1 aromatic carbocycles. The van der Waals surface area contributed by atoms with Crippen molar-refractivity contribution in [2.24, 2.45) is 0 Å². The minimum absolute atomic E-state index is 0.0824. The molecule has 5 heteroatoms. The van der Waals surface area contributed by atoms with Crippen molar-refractivity contribution in [3.63, 3.8) is 0 Å². The molecule has 0 spiro atoms. The summed E-state index contributed by atoms with van der Waals surface area (Å²) >= 11 is 0. The zero-order chi connectivity index (χ0) is 18.4. The number of carbonyl (C=O) groups is 1. The predicted molar refractivity (Wildman–Crippen MR) is 101 cm³/mol. The van der Waals surface area contributed by atoms with Gasteiger partial charge in [-0.05, 0) is 30.5 Å². The monoisotopic (exact) mass is 351 g/mol. The fourth-order valence-corrected chi connectivity index (χ4v) is 3.14. The highest BCUT2D eigenvalue weighted by molar-refractivity contribution is 5.96. The Labute approximate surface area is 154 Å². The number of hydrogen-bond donors (Lipinski definition) is 1. The summed E-state index contributed by atoms with van der Waals surface area (Å²) in [6.07, 6.45) is 4.11. The normalized spacial score (nSPS) is 10.8. The molecule has 3 rings (SSSR count). The average molecular weight is 351 g/mol. The molecule has 0 radical (unpaired) electrons. The first-order valence-electron chi connectivity index (χ1n) is 9.16. The van der Waals surface area contributed by atoms with Crippen molar-refractivity contribution in [3.8, 4) is 0 Å². The number of carbonyl (C=O) groups excluding carboxylic acids is 1. The van der Waals surface area contributed by atoms with Crippen molar-refractivity contribution < 1.29 is 9.21 Å². The van der Waals surface area contributed by atoms with Crippen molar-refractivity contribution in [2.75, 3.05) is 0 Å². The van der Waals surface area contributed by atoms with Gasteiger partial charge in [-0.3, -0.25) is 9.48 Å². The van der Waals surface area contributed by atoms with Crippen LogP contribution in [0.1, 0.15) is 53.3 Å². The van der Waals surface area contributed by atoms with Crippen molar-refractivity contribution in [1.82, 2.24) is 15.1 Å². The Balaban J connectivity index is 1.87. The zero-order valence-electron chi connectivity index (χ0n) is 15.4. The number of hydrogen-bond acceptors (Lipinski definition) is 3. The van der Waals surface area contributed by atoms with Crippen LogP contribution in [-0.2, 0) is 25.9 Å². The third-order valence-electron chi connectivity index (χ3n) is 4.36. The standard InChI is InChI=1S/C21H25N3O2/c1-3-9-18-20(21(25)22-14-17-12-8-13-26-17)19(4-2)24(23-18)15-16-10-6-5-7-11-16/h5-8,10-13H,3-4,9,14-15H2,1-2H3,(H,22,25). The first kappa shape index (κ1) is 18.0. The van der Waals surface area contributed by atoms with E-state index in [2.05, 4.69) is 31.3 Å². The first-order chi connectivity index (χ1) is 12.7. The highest BCUT2D eigenvalue weighted by atomic mass is 16.3. The molecule has 0 aliphatic rings. The molecule has 2 aromatic heterocycles. The van der Waals surface area contributed by atoms with E-state index in [1.165, 1.54) is 5.56 Å². The lowest BCUT2D eigenvalue weighted by Crippen LogP contribution is -2.24. The molecule has 0 bridgehead atoms. The minimum atomic E-state index is -0.0824. The fourth-order valence-electron chi connectivity index (χ4n) is 3.14. The molecule has 0 aliphatic carbocycles. The molecule has 136 valence electrons. The Bertz CT molecular complexity index is 836. The van der Waals surface area contributed by atoms with Crippen LogP contribution in [-0.4, -0.2) is 15.7 Å². The molecule has 5 nitrogen and oxygen atoms in total. The number of nitrogens with one attached hydrogen (secondary N) is 1. The largest absolute Gasteiger partial charge is 0.467 e. The zero-order valence-corrected chi connectivity index (χ0v) is 15.4. The van der Waals surface area contributed by atoms with Crippen LogP contribution in [0.4, 0.5) is 0 Å². The molecule has 2 heterocycles. The summed E-state index contributed by atoms with van der Waals surface area (Å²) in [6.45, 7) is 5.22. The smallest absolute Gasteiger partial charge is 0.255 e. The second-order valence-electron chi connectivity index (χ2n) is 6.28. The van der Waals surface area contributed by atoms with Crippen molar-refractivity contribution in [3.05, 3.63) is 77.0 Å². The molecular weight excluding hydrogens is 326 g/mol. The summed E-state index contributed by atoms with van der Waals surface area (Å²) in [7, 11) is 0. The summed E-state index contributed by atoms with van der Waals surface area (Å²) in [6, 6.07) is 13.9. The average Bonchev–Trinajstić information content (AvgIpc) is 3.28. The van der Waals surface area contributed by atoms with Gasteiger partial charge in [0.2, 0.25) is 0 Å². The Morgan fingerprint density at radius 3 is 2.62 bits per heavy atom. The number of benzene rings is 1. The van der Waals surface area contributed by atoms with E-state index in [9.17, 15) is 4.79 Å². The Hall–Kier alpha value is -2.82. The van der Waals surface area contributed by atoms with Crippen LogP contribution in [0.25, 0.3) is 0 Å². The lowest BCUT2D eigenvalue weighted by molar-refractivity contribution is 0.0946. The van der Waals surface area contributed by atoms with Gasteiger partial charge in [-0.25, -0.2) is 0 Å². The van der Waals surface area contributed by atoms with Crippen LogP contribution < -0.4 is 5.32 Å². The lowest BCUT2D eigenvalue weighted by Gasteiger charge is -2.08. The van der Waals surface area contributed by atoms with E-state index in [1.807, 2.05) is 35.0 Å². The van der Waals surface area contributed by atoms with Gasteiger partial charge in [-0.15, -0.1) is 0 Å². The van der Waals surface area contributed by atoms with Gasteiger partial charge in [0.05, 0.1) is 36.3 Å². The van der Waals surface area contributed by atoms with Crippen LogP contribution in [0, 0.1) is 0 Å². The fraction of sp³-hybridized carbons (Fsp3) is 0.333. The second-order valence-corrected chi connectivity index (χ2v) is 6.28. The predicted octanol–water partition coefficient (Wildman–Crippen LogP) is 3.97. The maximum atomic E-state index is 12.9. The third kappa shape index (κ3) is 4.04. The van der Waals surface area contributed by atoms with Gasteiger partial charge in [-0.2, -0.15) is 5.10 Å². The maximum Gasteiger partial charge on any atom is 0.255 e. The number of furan rings is 1. The third-order valence-corrected chi connectivity index (χ3v) is 4.36. The van der Waals surface area contributed by atoms with Crippen LogP contribution in [0.2, 0.25) is 0 Å². The van der Waals surface area contributed by atoms with E-state index < -0.39 is 0 Å². The topological polar surface area (TPSA) is 60.1 Å². The van der Waals surface area contributed by atoms with Gasteiger partial charge < -0.3 is 9.73 Å². The van der Waals surface area contributed by atoms with E-state index in [-0.39, 0.29) is 5.91 Å². The summed E-state index contributed by atoms with van der Waals surface area (Å²) in [4.78, 5) is 12.9. The van der Waals surface area contributed by atoms with E-state index in [0.29, 0.717) is 13.1 Å². The SMILES string of the molecule is CCCc1nn(Cc2ccccc2)c(CC)c1C(=O)NCc1ccco1. The Morgan fingerprint density at radius 2 is 1.96 bits per heavy atom. The molecule has 0 saturated heterocycles. The number of aryl methyl sites for hydroxylation is 1. The molecule has 1 N–H and O–H groups in total. The van der Waals surface area contributed by atoms with Gasteiger partial charge in [0, 0.05) is 0 Å². The van der Waals surface area contributed by atoms with E-state index >= 15 is 0 Å². The van der Waals surface area contributed by atoms with E-state index in [1.54, 1.807) is 6.26 Å². The summed E-state index contributed by atoms with van der Waals surface area (Å²) in [5.41, 5.74) is 3.75. The molecule has 0 unspecified atom stereocenters. The van der Waals surface area contributed by atoms with E-state index in [0.717, 1.165) is 42.0 Å². The van der Waals surface area contributed by atoms with Crippen LogP contribution in [0.15, 0.2) is 53.1 Å². The molecule has 0 atom stereocenters. The highest BCUT2D eigenvalue weighted by Crippen LogP contribution is 2.19. The van der Waals surface area contributed by atoms with Gasteiger partial charge in [0.15, 0.2) is 0 Å². The van der Waals surface area contributed by atoms with Crippen molar-refractivity contribution >= 4 is 5.91 Å². The molecular formula is C21H25N3O2. The lowest BCUT2D eigenvalue weighted by atomic mass is 10.1. The van der Waals surface area contributed by atoms with Gasteiger partial charge in [0.1, 0.15) is 5.76 Å². The van der Waals surface area contributed by atoms with Crippen molar-refractivity contribution in [2.45, 2.75) is 46.2 Å². The molecule has 26 heavy (non-hydrogen) atoms. The second kappa shape index (κ2) is 8.52. The molecule has 1 amide bonds. The number of rotatable bonds is 8. The van der Waals surface area contributed by atoms with E-state index in [4.69, 9.17) is 9.52 Å². The quantitative estimate of drug-likeness (QED) is 0.668. The van der Waals surface area contributed by atoms with Crippen LogP contribution in [0.5, 0.6) is 0 Å². The minimum Gasteiger partial charge on any atom is -0.467 e. The molecule has 0 fully saturated rings.